The third kappa shape index (κ3) is 31.0. The summed E-state index contributed by atoms with van der Waals surface area (Å²) in [5, 5.41) is 9.56. The number of hydrogen-bond acceptors (Lipinski definition) is 6. The molecule has 0 rings (SSSR count). The van der Waals surface area contributed by atoms with Gasteiger partial charge in [-0.2, -0.15) is 0 Å². The average Bonchev–Trinajstić information content (AvgIpc) is 3.06. The van der Waals surface area contributed by atoms with E-state index in [1.807, 2.05) is 33.3 Å². The predicted molar refractivity (Wildman–Crippen MR) is 206 cm³/mol. The fourth-order valence-electron chi connectivity index (χ4n) is 5.18. The Hall–Kier alpha value is -2.97. The summed E-state index contributed by atoms with van der Waals surface area (Å²) in [6.07, 6.45) is 38.5. The van der Waals surface area contributed by atoms with Crippen LogP contribution in [0.25, 0.3) is 0 Å². The molecular formula is C42H72NO7+. The normalized spacial score (nSPS) is 13.7. The number of ether oxygens (including phenoxy) is 3. The molecule has 0 saturated heterocycles. The average molecular weight is 703 g/mol. The number of unbranched alkanes of at least 4 members (excludes halogenated alkanes) is 12. The Labute approximate surface area is 305 Å². The van der Waals surface area contributed by atoms with Crippen molar-refractivity contribution in [2.24, 2.45) is 0 Å². The number of allylic oxidation sites excluding steroid dienone is 10. The Bertz CT molecular complexity index is 1010. The summed E-state index contributed by atoms with van der Waals surface area (Å²) < 4.78 is 17.1. The van der Waals surface area contributed by atoms with E-state index >= 15 is 0 Å². The smallest absolute Gasteiger partial charge is 0.362 e. The molecule has 0 amide bonds. The number of carbonyl (C=O) groups is 3. The van der Waals surface area contributed by atoms with E-state index in [0.29, 0.717) is 19.3 Å². The van der Waals surface area contributed by atoms with Gasteiger partial charge in [-0.1, -0.05) is 126 Å². The molecule has 0 aliphatic heterocycles. The van der Waals surface area contributed by atoms with Crippen LogP contribution < -0.4 is 0 Å². The van der Waals surface area contributed by atoms with E-state index in [9.17, 15) is 19.5 Å². The van der Waals surface area contributed by atoms with Crippen LogP contribution in [-0.4, -0.2) is 80.6 Å². The zero-order chi connectivity index (χ0) is 37.1. The molecule has 0 saturated carbocycles. The highest BCUT2D eigenvalue weighted by Gasteiger charge is 2.31. The van der Waals surface area contributed by atoms with Gasteiger partial charge >= 0.3 is 17.9 Å². The van der Waals surface area contributed by atoms with Crippen LogP contribution in [0.2, 0.25) is 0 Å². The van der Waals surface area contributed by atoms with Gasteiger partial charge in [0.2, 0.25) is 0 Å². The summed E-state index contributed by atoms with van der Waals surface area (Å²) in [6, 6.07) is -0.624. The van der Waals surface area contributed by atoms with Crippen molar-refractivity contribution in [3.05, 3.63) is 60.8 Å². The maximum absolute atomic E-state index is 12.5. The fraction of sp³-hybridized carbons (Fsp3) is 0.690. The number of aliphatic carboxylic acids is 1. The zero-order valence-corrected chi connectivity index (χ0v) is 32.3. The first kappa shape index (κ1) is 47.0. The van der Waals surface area contributed by atoms with Gasteiger partial charge in [-0.25, -0.2) is 4.79 Å². The third-order valence-electron chi connectivity index (χ3n) is 8.25. The molecule has 8 heteroatoms. The highest BCUT2D eigenvalue weighted by molar-refractivity contribution is 5.72. The van der Waals surface area contributed by atoms with Crippen molar-refractivity contribution >= 4 is 17.9 Å². The maximum atomic E-state index is 12.5. The standard InChI is InChI=1S/C42H71NO7/c1-6-8-10-12-14-16-17-18-19-20-21-22-23-24-25-27-28-30-32-40(44)49-37-38(36-48-35-34-39(42(46)47)43(3,4)5)50-41(45)33-31-29-26-15-13-11-9-7-2/h14,16-22,26,29,38-39H,6-13,15,23-25,27-28,30-37H2,1-5H3/p+1/b16-14+,18-17+,20-19+,22-21+,29-26+. The lowest BCUT2D eigenvalue weighted by Gasteiger charge is -2.31. The first-order valence-corrected chi connectivity index (χ1v) is 19.4. The van der Waals surface area contributed by atoms with Crippen LogP contribution in [-0.2, 0) is 28.6 Å². The third-order valence-corrected chi connectivity index (χ3v) is 8.25. The Balaban J connectivity index is 4.43. The van der Waals surface area contributed by atoms with E-state index in [1.54, 1.807) is 0 Å². The quantitative estimate of drug-likeness (QED) is 0.0239. The monoisotopic (exact) mass is 703 g/mol. The Morgan fingerprint density at radius 3 is 1.74 bits per heavy atom. The summed E-state index contributed by atoms with van der Waals surface area (Å²) in [5.41, 5.74) is 0. The minimum Gasteiger partial charge on any atom is -0.477 e. The number of likely N-dealkylation sites (N-methyl/N-ethyl adjacent to an activating group) is 1. The molecule has 0 fully saturated rings. The number of rotatable bonds is 33. The van der Waals surface area contributed by atoms with Gasteiger partial charge in [-0.3, -0.25) is 9.59 Å². The lowest BCUT2D eigenvalue weighted by atomic mass is 10.1. The Morgan fingerprint density at radius 2 is 1.12 bits per heavy atom. The van der Waals surface area contributed by atoms with E-state index < -0.39 is 18.1 Å². The SMILES string of the molecule is CCCCC/C=C/C=C/C=C/C=C/CCCCCCCC(=O)OCC(COCCC(C(=O)O)[N+](C)(C)C)OC(=O)CC/C=C/CCCCCC. The second-order valence-electron chi connectivity index (χ2n) is 13.9. The van der Waals surface area contributed by atoms with Crippen LogP contribution in [0.15, 0.2) is 60.8 Å². The van der Waals surface area contributed by atoms with Gasteiger partial charge in [0.1, 0.15) is 6.61 Å². The van der Waals surface area contributed by atoms with Crippen LogP contribution in [0.4, 0.5) is 0 Å². The number of quaternary nitrogens is 1. The van der Waals surface area contributed by atoms with Gasteiger partial charge in [0.25, 0.3) is 0 Å². The molecule has 0 aromatic rings. The molecule has 0 aliphatic carbocycles. The number of carboxylic acids is 1. The maximum Gasteiger partial charge on any atom is 0.362 e. The van der Waals surface area contributed by atoms with Crippen molar-refractivity contribution in [2.75, 3.05) is 41.0 Å². The summed E-state index contributed by atoms with van der Waals surface area (Å²) in [6.45, 7) is 4.56. The Morgan fingerprint density at radius 1 is 0.600 bits per heavy atom. The van der Waals surface area contributed by atoms with Crippen molar-refractivity contribution in [1.82, 2.24) is 0 Å². The molecule has 50 heavy (non-hydrogen) atoms. The van der Waals surface area contributed by atoms with Gasteiger partial charge in [0.05, 0.1) is 34.4 Å². The number of carbonyl (C=O) groups excluding carboxylic acids is 2. The largest absolute Gasteiger partial charge is 0.477 e. The topological polar surface area (TPSA) is 99.1 Å². The van der Waals surface area contributed by atoms with Crippen LogP contribution in [0.1, 0.15) is 136 Å². The second kappa shape index (κ2) is 33.2. The predicted octanol–water partition coefficient (Wildman–Crippen LogP) is 9.85. The van der Waals surface area contributed by atoms with Gasteiger partial charge in [-0.05, 0) is 51.4 Å². The zero-order valence-electron chi connectivity index (χ0n) is 32.3. The minimum atomic E-state index is -0.888. The summed E-state index contributed by atoms with van der Waals surface area (Å²) in [7, 11) is 5.48. The van der Waals surface area contributed by atoms with E-state index in [1.165, 1.54) is 38.5 Å². The molecular weight excluding hydrogens is 630 g/mol. The van der Waals surface area contributed by atoms with Crippen molar-refractivity contribution in [1.29, 1.82) is 0 Å². The summed E-state index contributed by atoms with van der Waals surface area (Å²) in [5.74, 6) is -1.58. The molecule has 2 unspecified atom stereocenters. The van der Waals surface area contributed by atoms with E-state index in [0.717, 1.165) is 57.8 Å². The molecule has 0 heterocycles. The number of esters is 2. The second-order valence-corrected chi connectivity index (χ2v) is 13.9. The molecule has 0 bridgehead atoms. The van der Waals surface area contributed by atoms with Crippen LogP contribution in [0, 0.1) is 0 Å². The van der Waals surface area contributed by atoms with E-state index in [4.69, 9.17) is 14.2 Å². The van der Waals surface area contributed by atoms with Crippen molar-refractivity contribution in [3.63, 3.8) is 0 Å². The highest BCUT2D eigenvalue weighted by Crippen LogP contribution is 2.11. The minimum absolute atomic E-state index is 0.0350. The van der Waals surface area contributed by atoms with Crippen LogP contribution in [0.3, 0.4) is 0 Å². The van der Waals surface area contributed by atoms with Gasteiger partial charge in [0.15, 0.2) is 12.1 Å². The van der Waals surface area contributed by atoms with Gasteiger partial charge in [0, 0.05) is 19.3 Å². The molecule has 1 N–H and O–H groups in total. The van der Waals surface area contributed by atoms with Crippen molar-refractivity contribution < 1.29 is 38.2 Å². The van der Waals surface area contributed by atoms with E-state index in [2.05, 4.69) is 62.5 Å². The lowest BCUT2D eigenvalue weighted by molar-refractivity contribution is -0.887. The van der Waals surface area contributed by atoms with Crippen molar-refractivity contribution in [2.45, 2.75) is 148 Å². The Kier molecular flexibility index (Phi) is 31.2. The highest BCUT2D eigenvalue weighted by atomic mass is 16.6. The van der Waals surface area contributed by atoms with Crippen LogP contribution >= 0.6 is 0 Å². The molecule has 0 aromatic heterocycles. The molecule has 0 spiro atoms. The van der Waals surface area contributed by atoms with Crippen LogP contribution in [0.5, 0.6) is 0 Å². The number of nitrogens with zero attached hydrogens (tertiary/aromatic N) is 1. The number of carboxylic acid groups (broad SMARTS) is 1. The van der Waals surface area contributed by atoms with Crippen molar-refractivity contribution in [3.8, 4) is 0 Å². The first-order chi connectivity index (χ1) is 24.1. The van der Waals surface area contributed by atoms with Gasteiger partial charge in [-0.15, -0.1) is 0 Å². The lowest BCUT2D eigenvalue weighted by Crippen LogP contribution is -2.50. The fourth-order valence-corrected chi connectivity index (χ4v) is 5.18. The molecule has 8 nitrogen and oxygen atoms in total. The molecule has 0 aromatic carbocycles. The molecule has 0 aliphatic rings. The molecule has 286 valence electrons. The molecule has 0 radical (unpaired) electrons. The number of hydrogen-bond donors (Lipinski definition) is 1. The van der Waals surface area contributed by atoms with E-state index in [-0.39, 0.29) is 42.7 Å². The van der Waals surface area contributed by atoms with Gasteiger partial charge < -0.3 is 23.8 Å². The first-order valence-electron chi connectivity index (χ1n) is 19.4. The molecule has 2 atom stereocenters. The summed E-state index contributed by atoms with van der Waals surface area (Å²) >= 11 is 0. The summed E-state index contributed by atoms with van der Waals surface area (Å²) in [4.78, 5) is 36.7.